The first-order valence-corrected chi connectivity index (χ1v) is 8.39. The first kappa shape index (κ1) is 16.3. The number of benzene rings is 1. The van der Waals surface area contributed by atoms with Gasteiger partial charge in [-0.2, -0.15) is 0 Å². The molecule has 0 aliphatic carbocycles. The Labute approximate surface area is 120 Å². The van der Waals surface area contributed by atoms with Crippen LogP contribution in [0.5, 0.6) is 5.75 Å². The molecule has 5 heteroatoms. The van der Waals surface area contributed by atoms with E-state index >= 15 is 0 Å². The van der Waals surface area contributed by atoms with E-state index in [0.29, 0.717) is 11.1 Å². The summed E-state index contributed by atoms with van der Waals surface area (Å²) in [6.07, 6.45) is 0. The zero-order valence-corrected chi connectivity index (χ0v) is 13.8. The molecule has 0 aromatic heterocycles. The molecule has 1 rings (SSSR count). The Bertz CT molecular complexity index is 590. The maximum atomic E-state index is 11.8. The van der Waals surface area contributed by atoms with E-state index in [0.717, 1.165) is 0 Å². The van der Waals surface area contributed by atoms with E-state index < -0.39 is 14.5 Å². The number of phenolic OH excluding ortho intramolecular Hbond substituents is 1. The first-order valence-electron chi connectivity index (χ1n) is 6.08. The molecule has 0 spiro atoms. The van der Waals surface area contributed by atoms with E-state index in [9.17, 15) is 13.5 Å². The van der Waals surface area contributed by atoms with Crippen LogP contribution in [0.15, 0.2) is 17.0 Å². The Kier molecular flexibility index (Phi) is 4.01. The Morgan fingerprint density at radius 2 is 1.37 bits per heavy atom. The first-order chi connectivity index (χ1) is 8.26. The lowest BCUT2D eigenvalue weighted by atomic mass is 9.75. The third-order valence-corrected chi connectivity index (χ3v) is 4.27. The fourth-order valence-corrected chi connectivity index (χ4v) is 3.55. The molecule has 0 heterocycles. The van der Waals surface area contributed by atoms with Crippen LogP contribution in [0.4, 0.5) is 0 Å². The van der Waals surface area contributed by atoms with Gasteiger partial charge in [-0.3, -0.25) is 0 Å². The van der Waals surface area contributed by atoms with Crippen molar-refractivity contribution >= 4 is 19.7 Å². The molecule has 0 unspecified atom stereocenters. The van der Waals surface area contributed by atoms with E-state index in [1.807, 2.05) is 41.5 Å². The second kappa shape index (κ2) is 4.67. The zero-order chi connectivity index (χ0) is 15.2. The maximum Gasteiger partial charge on any atom is 0.261 e. The van der Waals surface area contributed by atoms with Crippen LogP contribution in [0.2, 0.25) is 0 Å². The molecule has 0 saturated carbocycles. The fraction of sp³-hybridized carbons (Fsp3) is 0.571. The lowest BCUT2D eigenvalue weighted by Gasteiger charge is -2.32. The Morgan fingerprint density at radius 3 is 1.68 bits per heavy atom. The predicted molar refractivity (Wildman–Crippen MR) is 78.5 cm³/mol. The zero-order valence-electron chi connectivity index (χ0n) is 12.2. The number of halogens is 1. The van der Waals surface area contributed by atoms with Gasteiger partial charge in [-0.25, -0.2) is 8.42 Å². The maximum absolute atomic E-state index is 11.8. The molecular weight excluding hydrogens is 284 g/mol. The van der Waals surface area contributed by atoms with Crippen LogP contribution in [0, 0.1) is 0 Å². The van der Waals surface area contributed by atoms with Crippen LogP contribution in [-0.4, -0.2) is 13.5 Å². The van der Waals surface area contributed by atoms with Gasteiger partial charge in [0.1, 0.15) is 5.75 Å². The monoisotopic (exact) mass is 304 g/mol. The molecule has 0 fully saturated rings. The molecule has 0 aliphatic rings. The minimum Gasteiger partial charge on any atom is -0.508 e. The topological polar surface area (TPSA) is 54.4 Å². The average molecular weight is 305 g/mol. The van der Waals surface area contributed by atoms with Crippen LogP contribution in [0.25, 0.3) is 0 Å². The van der Waals surface area contributed by atoms with Gasteiger partial charge in [0.25, 0.3) is 9.05 Å². The molecule has 0 atom stereocenters. The third kappa shape index (κ3) is 3.42. The molecule has 0 bridgehead atoms. The van der Waals surface area contributed by atoms with Crippen LogP contribution < -0.4 is 0 Å². The third-order valence-electron chi connectivity index (χ3n) is 2.91. The second-order valence-electron chi connectivity index (χ2n) is 6.77. The molecule has 108 valence electrons. The normalized spacial score (nSPS) is 13.6. The van der Waals surface area contributed by atoms with E-state index in [1.165, 1.54) is 12.1 Å². The number of phenols is 1. The molecule has 1 N–H and O–H groups in total. The van der Waals surface area contributed by atoms with Gasteiger partial charge in [-0.05, 0) is 28.5 Å². The molecular formula is C14H21ClO3S. The van der Waals surface area contributed by atoms with Crippen molar-refractivity contribution < 1.29 is 13.5 Å². The van der Waals surface area contributed by atoms with Gasteiger partial charge in [-0.1, -0.05) is 41.5 Å². The highest BCUT2D eigenvalue weighted by Gasteiger charge is 2.33. The summed E-state index contributed by atoms with van der Waals surface area (Å²) in [4.78, 5) is 0.0735. The molecule has 3 nitrogen and oxygen atoms in total. The number of aromatic hydroxyl groups is 1. The van der Waals surface area contributed by atoms with Gasteiger partial charge in [0.05, 0.1) is 4.90 Å². The van der Waals surface area contributed by atoms with E-state index in [2.05, 4.69) is 0 Å². The summed E-state index contributed by atoms with van der Waals surface area (Å²) in [5.74, 6) is 0.0986. The highest BCUT2D eigenvalue weighted by molar-refractivity contribution is 8.13. The number of hydrogen-bond donors (Lipinski definition) is 1. The molecule has 0 aliphatic heterocycles. The Balaban J connectivity index is 3.93. The second-order valence-corrected chi connectivity index (χ2v) is 9.31. The van der Waals surface area contributed by atoms with E-state index in [4.69, 9.17) is 10.7 Å². The van der Waals surface area contributed by atoms with Crippen LogP contribution >= 0.6 is 10.7 Å². The Hall–Kier alpha value is -0.740. The summed E-state index contributed by atoms with van der Waals surface area (Å²) in [5.41, 5.74) is 0.375. The summed E-state index contributed by atoms with van der Waals surface area (Å²) in [6.45, 7) is 11.5. The lowest BCUT2D eigenvalue weighted by molar-refractivity contribution is 0.432. The van der Waals surface area contributed by atoms with Crippen molar-refractivity contribution in [2.75, 3.05) is 0 Å². The summed E-state index contributed by atoms with van der Waals surface area (Å²) in [7, 11) is 1.68. The van der Waals surface area contributed by atoms with Gasteiger partial charge in [-0.15, -0.1) is 0 Å². The fourth-order valence-electron chi connectivity index (χ4n) is 2.28. The minimum atomic E-state index is -3.86. The van der Waals surface area contributed by atoms with Crippen molar-refractivity contribution in [3.8, 4) is 5.75 Å². The van der Waals surface area contributed by atoms with Crippen molar-refractivity contribution in [2.24, 2.45) is 0 Å². The van der Waals surface area contributed by atoms with Gasteiger partial charge in [0.2, 0.25) is 0 Å². The SMILES string of the molecule is CC(C)(C)c1c(O)ccc(S(=O)(=O)Cl)c1C(C)(C)C. The summed E-state index contributed by atoms with van der Waals surface area (Å²) in [5, 5.41) is 10.1. The molecule has 0 radical (unpaired) electrons. The van der Waals surface area contributed by atoms with Crippen LogP contribution in [0.3, 0.4) is 0 Å². The smallest absolute Gasteiger partial charge is 0.261 e. The summed E-state index contributed by atoms with van der Waals surface area (Å²) in [6, 6.07) is 2.76. The van der Waals surface area contributed by atoms with E-state index in [-0.39, 0.29) is 16.1 Å². The molecule has 1 aromatic rings. The number of rotatable bonds is 1. The lowest BCUT2D eigenvalue weighted by Crippen LogP contribution is -2.24. The molecule has 1 aromatic carbocycles. The minimum absolute atomic E-state index is 0.0735. The molecule has 0 amide bonds. The number of hydrogen-bond acceptors (Lipinski definition) is 3. The van der Waals surface area contributed by atoms with Crippen molar-refractivity contribution in [3.05, 3.63) is 23.3 Å². The van der Waals surface area contributed by atoms with Crippen LogP contribution in [0.1, 0.15) is 52.7 Å². The van der Waals surface area contributed by atoms with Crippen molar-refractivity contribution in [1.82, 2.24) is 0 Å². The van der Waals surface area contributed by atoms with Gasteiger partial charge in [0, 0.05) is 16.2 Å². The van der Waals surface area contributed by atoms with Crippen LogP contribution in [-0.2, 0) is 19.9 Å². The van der Waals surface area contributed by atoms with Crippen molar-refractivity contribution in [1.29, 1.82) is 0 Å². The summed E-state index contributed by atoms with van der Waals surface area (Å²) >= 11 is 0. The highest BCUT2D eigenvalue weighted by Crippen LogP contribution is 2.43. The van der Waals surface area contributed by atoms with E-state index in [1.54, 1.807) is 0 Å². The van der Waals surface area contributed by atoms with Crippen molar-refractivity contribution in [3.63, 3.8) is 0 Å². The summed E-state index contributed by atoms with van der Waals surface area (Å²) < 4.78 is 23.5. The Morgan fingerprint density at radius 1 is 0.947 bits per heavy atom. The van der Waals surface area contributed by atoms with Crippen molar-refractivity contribution in [2.45, 2.75) is 57.3 Å². The van der Waals surface area contributed by atoms with Gasteiger partial charge in [0.15, 0.2) is 0 Å². The van der Waals surface area contributed by atoms with Gasteiger partial charge >= 0.3 is 0 Å². The predicted octanol–water partition coefficient (Wildman–Crippen LogP) is 3.91. The highest BCUT2D eigenvalue weighted by atomic mass is 35.7. The van der Waals surface area contributed by atoms with Gasteiger partial charge < -0.3 is 5.11 Å². The standard InChI is InChI=1S/C14H21ClO3S/c1-13(2,3)11-9(16)7-8-10(19(15,17)18)12(11)14(4,5)6/h7-8,16H,1-6H3. The molecule has 19 heavy (non-hydrogen) atoms. The quantitative estimate of drug-likeness (QED) is 0.800. The molecule has 0 saturated heterocycles. The average Bonchev–Trinajstić information content (AvgIpc) is 2.11. The largest absolute Gasteiger partial charge is 0.508 e.